The number of amides is 2. The van der Waals surface area contributed by atoms with Gasteiger partial charge in [-0.15, -0.1) is 0 Å². The molecule has 2 aromatic heterocycles. The molecule has 2 amide bonds. The summed E-state index contributed by atoms with van der Waals surface area (Å²) in [5.41, 5.74) is 3.49. The first-order valence-electron chi connectivity index (χ1n) is 11.5. The molecule has 176 valence electrons. The Morgan fingerprint density at radius 2 is 1.76 bits per heavy atom. The zero-order valence-electron chi connectivity index (χ0n) is 19.6. The van der Waals surface area contributed by atoms with Gasteiger partial charge in [0.15, 0.2) is 0 Å². The number of nitrogens with zero attached hydrogens (tertiary/aromatic N) is 7. The Morgan fingerprint density at radius 3 is 2.44 bits per heavy atom. The fourth-order valence-electron chi connectivity index (χ4n) is 4.56. The monoisotopic (exact) mass is 459 g/mol. The van der Waals surface area contributed by atoms with E-state index < -0.39 is 0 Å². The highest BCUT2D eigenvalue weighted by molar-refractivity contribution is 5.99. The molecular weight excluding hydrogens is 430 g/mol. The molecule has 9 heteroatoms. The van der Waals surface area contributed by atoms with Crippen molar-refractivity contribution < 1.29 is 9.59 Å². The molecule has 0 bridgehead atoms. The Kier molecular flexibility index (Phi) is 6.02. The zero-order valence-corrected chi connectivity index (χ0v) is 19.6. The molecule has 34 heavy (non-hydrogen) atoms. The quantitative estimate of drug-likeness (QED) is 0.558. The van der Waals surface area contributed by atoms with Crippen LogP contribution in [0.5, 0.6) is 0 Å². The van der Waals surface area contributed by atoms with Crippen molar-refractivity contribution in [1.82, 2.24) is 29.5 Å². The van der Waals surface area contributed by atoms with E-state index in [9.17, 15) is 9.59 Å². The van der Waals surface area contributed by atoms with E-state index in [1.54, 1.807) is 15.8 Å². The van der Waals surface area contributed by atoms with E-state index in [2.05, 4.69) is 25.9 Å². The van der Waals surface area contributed by atoms with Gasteiger partial charge in [0.1, 0.15) is 12.4 Å². The van der Waals surface area contributed by atoms with Gasteiger partial charge in [-0.1, -0.05) is 24.3 Å². The van der Waals surface area contributed by atoms with Crippen LogP contribution in [0.15, 0.2) is 54.9 Å². The number of pyridine rings is 1. The molecule has 2 aliphatic rings. The van der Waals surface area contributed by atoms with Crippen LogP contribution in [0.3, 0.4) is 0 Å². The second-order valence-corrected chi connectivity index (χ2v) is 9.04. The van der Waals surface area contributed by atoms with Gasteiger partial charge in [-0.3, -0.25) is 9.59 Å². The standard InChI is InChI=1S/C25H29N7O2/c1-28(2)16-19-8-9-23(26-14-19)29-10-12-30(13-11-29)24(33)18-31-17-22-21(25(31)34)15-27-32(22)20-6-4-3-5-7-20/h3-9,14-15H,10-13,16-18H2,1-2H3. The number of carbonyl (C=O) groups is 2. The van der Waals surface area contributed by atoms with E-state index in [0.29, 0.717) is 25.2 Å². The molecule has 4 heterocycles. The number of anilines is 1. The smallest absolute Gasteiger partial charge is 0.258 e. The molecule has 1 aromatic carbocycles. The highest BCUT2D eigenvalue weighted by atomic mass is 16.2. The molecule has 5 rings (SSSR count). The van der Waals surface area contributed by atoms with Gasteiger partial charge in [-0.05, 0) is 37.9 Å². The molecule has 0 atom stereocenters. The summed E-state index contributed by atoms with van der Waals surface area (Å²) in [5.74, 6) is 0.781. The number of carbonyl (C=O) groups excluding carboxylic acids is 2. The Balaban J connectivity index is 1.17. The van der Waals surface area contributed by atoms with Crippen LogP contribution in [0.25, 0.3) is 5.69 Å². The minimum Gasteiger partial charge on any atom is -0.353 e. The van der Waals surface area contributed by atoms with Gasteiger partial charge in [-0.2, -0.15) is 5.10 Å². The van der Waals surface area contributed by atoms with Crippen LogP contribution >= 0.6 is 0 Å². The van der Waals surface area contributed by atoms with Gasteiger partial charge in [0.05, 0.1) is 29.7 Å². The van der Waals surface area contributed by atoms with Crippen LogP contribution in [0.2, 0.25) is 0 Å². The normalized spacial score (nSPS) is 15.9. The van der Waals surface area contributed by atoms with Crippen LogP contribution in [0.1, 0.15) is 21.6 Å². The summed E-state index contributed by atoms with van der Waals surface area (Å²) in [6, 6.07) is 13.9. The number of fused-ring (bicyclic) bond motifs is 1. The lowest BCUT2D eigenvalue weighted by Gasteiger charge is -2.36. The predicted molar refractivity (Wildman–Crippen MR) is 129 cm³/mol. The van der Waals surface area contributed by atoms with Gasteiger partial charge in [0.2, 0.25) is 5.91 Å². The number of rotatable bonds is 6. The van der Waals surface area contributed by atoms with Crippen molar-refractivity contribution in [3.8, 4) is 5.69 Å². The maximum absolute atomic E-state index is 13.0. The Hall–Kier alpha value is -3.72. The third-order valence-corrected chi connectivity index (χ3v) is 6.32. The maximum atomic E-state index is 13.0. The van der Waals surface area contributed by atoms with Gasteiger partial charge in [0.25, 0.3) is 5.91 Å². The molecule has 1 fully saturated rings. The number of hydrogen-bond donors (Lipinski definition) is 0. The second-order valence-electron chi connectivity index (χ2n) is 9.04. The summed E-state index contributed by atoms with van der Waals surface area (Å²) >= 11 is 0. The van der Waals surface area contributed by atoms with Gasteiger partial charge in [0, 0.05) is 38.9 Å². The predicted octanol–water partition coefficient (Wildman–Crippen LogP) is 1.63. The largest absolute Gasteiger partial charge is 0.353 e. The van der Waals surface area contributed by atoms with Gasteiger partial charge in [-0.25, -0.2) is 9.67 Å². The minimum absolute atomic E-state index is 0.0216. The van der Waals surface area contributed by atoms with E-state index in [-0.39, 0.29) is 18.4 Å². The first-order chi connectivity index (χ1) is 16.5. The van der Waals surface area contributed by atoms with Crippen molar-refractivity contribution in [3.05, 3.63) is 71.7 Å². The number of aromatic nitrogens is 3. The van der Waals surface area contributed by atoms with Crippen molar-refractivity contribution in [2.24, 2.45) is 0 Å². The molecule has 0 spiro atoms. The summed E-state index contributed by atoms with van der Waals surface area (Å²) in [6.07, 6.45) is 3.52. The van der Waals surface area contributed by atoms with Crippen molar-refractivity contribution in [3.63, 3.8) is 0 Å². The summed E-state index contributed by atoms with van der Waals surface area (Å²) < 4.78 is 1.79. The van der Waals surface area contributed by atoms with E-state index in [1.165, 1.54) is 5.56 Å². The van der Waals surface area contributed by atoms with Gasteiger partial charge >= 0.3 is 0 Å². The molecule has 3 aromatic rings. The second kappa shape index (κ2) is 9.26. The van der Waals surface area contributed by atoms with Gasteiger partial charge < -0.3 is 19.6 Å². The summed E-state index contributed by atoms with van der Waals surface area (Å²) in [5, 5.41) is 4.38. The first kappa shape index (κ1) is 22.1. The summed E-state index contributed by atoms with van der Waals surface area (Å²) in [6.45, 7) is 4.01. The Bertz CT molecular complexity index is 1170. The molecule has 0 aliphatic carbocycles. The van der Waals surface area contributed by atoms with Crippen LogP contribution in [-0.2, 0) is 17.9 Å². The lowest BCUT2D eigenvalue weighted by Crippen LogP contribution is -2.51. The third-order valence-electron chi connectivity index (χ3n) is 6.32. The van der Waals surface area contributed by atoms with Crippen molar-refractivity contribution in [2.75, 3.05) is 51.7 Å². The number of para-hydroxylation sites is 1. The molecule has 0 radical (unpaired) electrons. The number of piperazine rings is 1. The van der Waals surface area contributed by atoms with Crippen LogP contribution in [0, 0.1) is 0 Å². The molecule has 1 saturated heterocycles. The highest BCUT2D eigenvalue weighted by Crippen LogP contribution is 2.25. The highest BCUT2D eigenvalue weighted by Gasteiger charge is 2.34. The van der Waals surface area contributed by atoms with E-state index >= 15 is 0 Å². The van der Waals surface area contributed by atoms with Crippen LogP contribution in [0.4, 0.5) is 5.82 Å². The Morgan fingerprint density at radius 1 is 1.00 bits per heavy atom. The lowest BCUT2D eigenvalue weighted by molar-refractivity contribution is -0.132. The lowest BCUT2D eigenvalue weighted by atomic mass is 10.2. The van der Waals surface area contributed by atoms with Crippen LogP contribution in [-0.4, -0.2) is 88.1 Å². The summed E-state index contributed by atoms with van der Waals surface area (Å²) in [7, 11) is 4.08. The molecule has 0 unspecified atom stereocenters. The SMILES string of the molecule is CN(C)Cc1ccc(N2CCN(C(=O)CN3Cc4c(cnn4-c4ccccc4)C3=O)CC2)nc1. The fraction of sp³-hybridized carbons (Fsp3) is 0.360. The van der Waals surface area contributed by atoms with E-state index in [4.69, 9.17) is 0 Å². The topological polar surface area (TPSA) is 77.8 Å². The Labute approximate surface area is 199 Å². The molecular formula is C25H29N7O2. The first-order valence-corrected chi connectivity index (χ1v) is 11.5. The zero-order chi connectivity index (χ0) is 23.7. The van der Waals surface area contributed by atoms with Crippen LogP contribution < -0.4 is 4.90 Å². The molecule has 0 N–H and O–H groups in total. The average Bonchev–Trinajstić information content (AvgIpc) is 3.40. The maximum Gasteiger partial charge on any atom is 0.258 e. The molecule has 0 saturated carbocycles. The van der Waals surface area contributed by atoms with E-state index in [0.717, 1.165) is 36.8 Å². The summed E-state index contributed by atoms with van der Waals surface area (Å²) in [4.78, 5) is 38.2. The van der Waals surface area contributed by atoms with Crippen molar-refractivity contribution in [1.29, 1.82) is 0 Å². The number of benzene rings is 1. The van der Waals surface area contributed by atoms with Crippen molar-refractivity contribution in [2.45, 2.75) is 13.1 Å². The fourth-order valence-corrected chi connectivity index (χ4v) is 4.56. The molecule has 2 aliphatic heterocycles. The van der Waals surface area contributed by atoms with Crippen molar-refractivity contribution >= 4 is 17.6 Å². The number of hydrogen-bond acceptors (Lipinski definition) is 6. The minimum atomic E-state index is -0.133. The third kappa shape index (κ3) is 4.38. The molecule has 9 nitrogen and oxygen atoms in total. The van der Waals surface area contributed by atoms with E-state index in [1.807, 2.05) is 61.6 Å². The average molecular weight is 460 g/mol.